The fourth-order valence-corrected chi connectivity index (χ4v) is 2.55. The number of Topliss-reactive ketones (excluding diaryl/α,β-unsaturated/α-hetero) is 1. The molecule has 130 valence electrons. The van der Waals surface area contributed by atoms with Gasteiger partial charge in [-0.25, -0.2) is 0 Å². The van der Waals surface area contributed by atoms with Crippen molar-refractivity contribution in [2.75, 3.05) is 11.9 Å². The maximum Gasteiger partial charge on any atom is 0.221 e. The van der Waals surface area contributed by atoms with Crippen molar-refractivity contribution in [1.82, 2.24) is 0 Å². The molecule has 0 saturated carbocycles. The van der Waals surface area contributed by atoms with Gasteiger partial charge in [-0.05, 0) is 35.4 Å². The Kier molecular flexibility index (Phi) is 5.44. The number of ketones is 1. The lowest BCUT2D eigenvalue weighted by Gasteiger charge is -2.08. The van der Waals surface area contributed by atoms with E-state index in [1.54, 1.807) is 24.3 Å². The summed E-state index contributed by atoms with van der Waals surface area (Å²) in [4.78, 5) is 23.3. The van der Waals surface area contributed by atoms with Gasteiger partial charge in [0.2, 0.25) is 5.91 Å². The second kappa shape index (κ2) is 8.12. The van der Waals surface area contributed by atoms with Crippen molar-refractivity contribution < 1.29 is 14.3 Å². The highest BCUT2D eigenvalue weighted by molar-refractivity contribution is 5.97. The van der Waals surface area contributed by atoms with Crippen LogP contribution in [-0.4, -0.2) is 18.3 Å². The van der Waals surface area contributed by atoms with Gasteiger partial charge in [0.05, 0.1) is 0 Å². The third-order valence-electron chi connectivity index (χ3n) is 3.86. The Morgan fingerprint density at radius 2 is 1.42 bits per heavy atom. The number of amides is 1. The Hall–Kier alpha value is -3.40. The Balaban J connectivity index is 1.59. The average molecular weight is 345 g/mol. The Bertz CT molecular complexity index is 885. The normalized spacial score (nSPS) is 10.2. The van der Waals surface area contributed by atoms with Crippen molar-refractivity contribution in [3.8, 4) is 16.9 Å². The molecule has 0 aliphatic heterocycles. The van der Waals surface area contributed by atoms with Gasteiger partial charge < -0.3 is 10.1 Å². The van der Waals surface area contributed by atoms with E-state index in [0.717, 1.165) is 11.1 Å². The van der Waals surface area contributed by atoms with Crippen LogP contribution in [0.25, 0.3) is 11.1 Å². The van der Waals surface area contributed by atoms with Crippen LogP contribution in [0, 0.1) is 0 Å². The van der Waals surface area contributed by atoms with Crippen molar-refractivity contribution in [2.45, 2.75) is 6.92 Å². The largest absolute Gasteiger partial charge is 0.485 e. The predicted molar refractivity (Wildman–Crippen MR) is 102 cm³/mol. The zero-order valence-corrected chi connectivity index (χ0v) is 14.4. The lowest BCUT2D eigenvalue weighted by atomic mass is 10.0. The molecule has 0 heterocycles. The van der Waals surface area contributed by atoms with E-state index >= 15 is 0 Å². The Morgan fingerprint density at radius 3 is 2.04 bits per heavy atom. The highest BCUT2D eigenvalue weighted by atomic mass is 16.5. The summed E-state index contributed by atoms with van der Waals surface area (Å²) in [6, 6.07) is 24.4. The van der Waals surface area contributed by atoms with E-state index in [1.165, 1.54) is 6.92 Å². The average Bonchev–Trinajstić information content (AvgIpc) is 2.67. The van der Waals surface area contributed by atoms with Crippen LogP contribution in [0.3, 0.4) is 0 Å². The standard InChI is InChI=1S/C22H19NO3/c1-16(24)23-20-11-13-21(14-12-20)26-15-22(25)19-9-7-18(8-10-19)17-5-3-2-4-6-17/h2-14H,15H2,1H3,(H,23,24). The van der Waals surface area contributed by atoms with E-state index in [2.05, 4.69) is 5.32 Å². The summed E-state index contributed by atoms with van der Waals surface area (Å²) in [5.41, 5.74) is 3.48. The molecule has 1 N–H and O–H groups in total. The number of nitrogens with one attached hydrogen (secondary N) is 1. The molecule has 0 aliphatic carbocycles. The van der Waals surface area contributed by atoms with E-state index in [-0.39, 0.29) is 18.3 Å². The van der Waals surface area contributed by atoms with Gasteiger partial charge in [0.1, 0.15) is 5.75 Å². The molecule has 0 atom stereocenters. The molecular formula is C22H19NO3. The van der Waals surface area contributed by atoms with Crippen molar-refractivity contribution in [1.29, 1.82) is 0 Å². The number of hydrogen-bond donors (Lipinski definition) is 1. The Morgan fingerprint density at radius 1 is 0.808 bits per heavy atom. The summed E-state index contributed by atoms with van der Waals surface area (Å²) >= 11 is 0. The van der Waals surface area contributed by atoms with Gasteiger partial charge in [0.15, 0.2) is 12.4 Å². The summed E-state index contributed by atoms with van der Waals surface area (Å²) < 4.78 is 5.53. The first-order valence-corrected chi connectivity index (χ1v) is 8.31. The lowest BCUT2D eigenvalue weighted by Crippen LogP contribution is -2.11. The number of ether oxygens (including phenoxy) is 1. The smallest absolute Gasteiger partial charge is 0.221 e. The molecule has 4 nitrogen and oxygen atoms in total. The second-order valence-corrected chi connectivity index (χ2v) is 5.86. The van der Waals surface area contributed by atoms with Crippen LogP contribution in [0.2, 0.25) is 0 Å². The molecule has 0 fully saturated rings. The fourth-order valence-electron chi connectivity index (χ4n) is 2.55. The number of benzene rings is 3. The molecule has 0 aliphatic rings. The maximum atomic E-state index is 12.3. The van der Waals surface area contributed by atoms with Gasteiger partial charge in [-0.3, -0.25) is 9.59 Å². The summed E-state index contributed by atoms with van der Waals surface area (Å²) in [5, 5.41) is 2.68. The van der Waals surface area contributed by atoms with E-state index in [9.17, 15) is 9.59 Å². The minimum atomic E-state index is -0.132. The number of rotatable bonds is 6. The van der Waals surface area contributed by atoms with Crippen molar-refractivity contribution >= 4 is 17.4 Å². The molecule has 0 unspecified atom stereocenters. The molecule has 0 aromatic heterocycles. The minimum Gasteiger partial charge on any atom is -0.485 e. The van der Waals surface area contributed by atoms with Gasteiger partial charge in [0.25, 0.3) is 0 Å². The molecule has 26 heavy (non-hydrogen) atoms. The lowest BCUT2D eigenvalue weighted by molar-refractivity contribution is -0.114. The molecule has 0 saturated heterocycles. The number of carbonyl (C=O) groups is 2. The summed E-state index contributed by atoms with van der Waals surface area (Å²) in [6.45, 7) is 1.41. The van der Waals surface area contributed by atoms with Crippen LogP contribution in [0.1, 0.15) is 17.3 Å². The van der Waals surface area contributed by atoms with Gasteiger partial charge in [-0.1, -0.05) is 54.6 Å². The fraction of sp³-hybridized carbons (Fsp3) is 0.0909. The van der Waals surface area contributed by atoms with Gasteiger partial charge in [-0.15, -0.1) is 0 Å². The molecule has 3 rings (SSSR count). The number of anilines is 1. The second-order valence-electron chi connectivity index (χ2n) is 5.86. The first kappa shape index (κ1) is 17.4. The van der Waals surface area contributed by atoms with Gasteiger partial charge in [-0.2, -0.15) is 0 Å². The van der Waals surface area contributed by atoms with E-state index in [0.29, 0.717) is 17.0 Å². The quantitative estimate of drug-likeness (QED) is 0.666. The van der Waals surface area contributed by atoms with Crippen LogP contribution in [-0.2, 0) is 4.79 Å². The SMILES string of the molecule is CC(=O)Nc1ccc(OCC(=O)c2ccc(-c3ccccc3)cc2)cc1. The molecular weight excluding hydrogens is 326 g/mol. The molecule has 0 spiro atoms. The zero-order valence-electron chi connectivity index (χ0n) is 14.4. The molecule has 4 heteroatoms. The summed E-state index contributed by atoms with van der Waals surface area (Å²) in [7, 11) is 0. The van der Waals surface area contributed by atoms with Gasteiger partial charge in [0, 0.05) is 18.2 Å². The van der Waals surface area contributed by atoms with Crippen molar-refractivity contribution in [2.24, 2.45) is 0 Å². The number of hydrogen-bond acceptors (Lipinski definition) is 3. The highest BCUT2D eigenvalue weighted by Crippen LogP contribution is 2.20. The van der Waals surface area contributed by atoms with Crippen molar-refractivity contribution in [3.05, 3.63) is 84.4 Å². The van der Waals surface area contributed by atoms with Crippen LogP contribution in [0.5, 0.6) is 5.75 Å². The third kappa shape index (κ3) is 4.57. The molecule has 0 bridgehead atoms. The molecule has 0 radical (unpaired) electrons. The van der Waals surface area contributed by atoms with Crippen LogP contribution in [0.4, 0.5) is 5.69 Å². The predicted octanol–water partition coefficient (Wildman–Crippen LogP) is 4.57. The summed E-state index contributed by atoms with van der Waals surface area (Å²) in [5.74, 6) is 0.358. The third-order valence-corrected chi connectivity index (χ3v) is 3.86. The van der Waals surface area contributed by atoms with Gasteiger partial charge >= 0.3 is 0 Å². The molecule has 1 amide bonds. The van der Waals surface area contributed by atoms with E-state index < -0.39 is 0 Å². The first-order chi connectivity index (χ1) is 12.6. The van der Waals surface area contributed by atoms with Crippen LogP contribution in [0.15, 0.2) is 78.9 Å². The monoisotopic (exact) mass is 345 g/mol. The Labute approximate surface area is 152 Å². The van der Waals surface area contributed by atoms with E-state index in [4.69, 9.17) is 4.74 Å². The number of carbonyl (C=O) groups excluding carboxylic acids is 2. The highest BCUT2D eigenvalue weighted by Gasteiger charge is 2.08. The minimum absolute atomic E-state index is 0.0375. The van der Waals surface area contributed by atoms with Crippen LogP contribution < -0.4 is 10.1 Å². The molecule has 3 aromatic carbocycles. The molecule has 3 aromatic rings. The zero-order chi connectivity index (χ0) is 18.4. The van der Waals surface area contributed by atoms with Crippen LogP contribution >= 0.6 is 0 Å². The maximum absolute atomic E-state index is 12.3. The first-order valence-electron chi connectivity index (χ1n) is 8.31. The van der Waals surface area contributed by atoms with E-state index in [1.807, 2.05) is 54.6 Å². The summed E-state index contributed by atoms with van der Waals surface area (Å²) in [6.07, 6.45) is 0. The van der Waals surface area contributed by atoms with Crippen molar-refractivity contribution in [3.63, 3.8) is 0 Å². The topological polar surface area (TPSA) is 55.4 Å².